The fourth-order valence-corrected chi connectivity index (χ4v) is 3.49. The van der Waals surface area contributed by atoms with Crippen LogP contribution in [0.2, 0.25) is 0 Å². The Kier molecular flexibility index (Phi) is 4.21. The van der Waals surface area contributed by atoms with Gasteiger partial charge in [-0.3, -0.25) is 0 Å². The summed E-state index contributed by atoms with van der Waals surface area (Å²) in [5, 5.41) is 8.77. The topological polar surface area (TPSA) is 69.9 Å². The van der Waals surface area contributed by atoms with E-state index in [1.54, 1.807) is 18.4 Å². The maximum atomic E-state index is 13.1. The summed E-state index contributed by atoms with van der Waals surface area (Å²) >= 11 is 4.77. The van der Waals surface area contributed by atoms with Gasteiger partial charge in [0.15, 0.2) is 5.82 Å². The minimum atomic E-state index is -0.277. The third-order valence-corrected chi connectivity index (χ3v) is 4.87. The van der Waals surface area contributed by atoms with Crippen LogP contribution in [0.5, 0.6) is 0 Å². The largest absolute Gasteiger partial charge is 0.469 e. The van der Waals surface area contributed by atoms with Crippen LogP contribution < -0.4 is 5.84 Å². The second kappa shape index (κ2) is 6.13. The molecule has 0 radical (unpaired) electrons. The van der Waals surface area contributed by atoms with Gasteiger partial charge in [0, 0.05) is 10.2 Å². The molecule has 0 saturated heterocycles. The van der Waals surface area contributed by atoms with Crippen LogP contribution in [0.4, 0.5) is 4.39 Å². The van der Waals surface area contributed by atoms with Crippen molar-refractivity contribution < 1.29 is 8.81 Å². The third kappa shape index (κ3) is 2.89. The van der Waals surface area contributed by atoms with Crippen molar-refractivity contribution in [2.45, 2.75) is 17.8 Å². The van der Waals surface area contributed by atoms with Gasteiger partial charge in [-0.1, -0.05) is 33.8 Å². The lowest BCUT2D eigenvalue weighted by molar-refractivity contribution is 0.535. The number of halogens is 2. The van der Waals surface area contributed by atoms with Crippen LogP contribution in [0.25, 0.3) is 11.4 Å². The molecule has 0 aliphatic heterocycles. The highest BCUT2D eigenvalue weighted by Crippen LogP contribution is 2.29. The van der Waals surface area contributed by atoms with Crippen LogP contribution in [0.15, 0.2) is 44.6 Å². The lowest BCUT2D eigenvalue weighted by Gasteiger charge is -2.05. The van der Waals surface area contributed by atoms with Gasteiger partial charge in [-0.05, 0) is 30.7 Å². The molecule has 0 fully saturated rings. The predicted molar refractivity (Wildman–Crippen MR) is 86.3 cm³/mol. The van der Waals surface area contributed by atoms with Crippen molar-refractivity contribution in [2.75, 3.05) is 5.84 Å². The summed E-state index contributed by atoms with van der Waals surface area (Å²) in [6.45, 7) is 1.84. The summed E-state index contributed by atoms with van der Waals surface area (Å²) in [5.74, 6) is 7.65. The number of hydrogen-bond acceptors (Lipinski definition) is 5. The number of aromatic nitrogens is 3. The molecule has 5 nitrogen and oxygen atoms in total. The molecule has 2 heterocycles. The first-order chi connectivity index (χ1) is 10.6. The van der Waals surface area contributed by atoms with E-state index in [-0.39, 0.29) is 5.82 Å². The first-order valence-electron chi connectivity index (χ1n) is 6.38. The first-order valence-corrected chi connectivity index (χ1v) is 8.16. The predicted octanol–water partition coefficient (Wildman–Crippen LogP) is 3.75. The number of benzene rings is 1. The zero-order valence-corrected chi connectivity index (χ0v) is 14.0. The van der Waals surface area contributed by atoms with E-state index in [9.17, 15) is 4.39 Å². The van der Waals surface area contributed by atoms with Gasteiger partial charge in [-0.25, -0.2) is 9.07 Å². The monoisotopic (exact) mass is 382 g/mol. The Morgan fingerprint density at radius 1 is 1.36 bits per heavy atom. The zero-order chi connectivity index (χ0) is 15.7. The van der Waals surface area contributed by atoms with Gasteiger partial charge in [0.1, 0.15) is 11.6 Å². The maximum Gasteiger partial charge on any atom is 0.210 e. The summed E-state index contributed by atoms with van der Waals surface area (Å²) < 4.78 is 20.5. The van der Waals surface area contributed by atoms with Crippen LogP contribution >= 0.6 is 27.7 Å². The second-order valence-electron chi connectivity index (χ2n) is 4.59. The minimum Gasteiger partial charge on any atom is -0.469 e. The standard InChI is InChI=1S/C14H12BrFN4OS/c1-8-11(4-5-21-8)13-18-19-14(20(13)17)22-7-9-2-3-10(16)6-12(9)15/h2-6H,7,17H2,1H3. The minimum absolute atomic E-state index is 0.277. The van der Waals surface area contributed by atoms with Gasteiger partial charge >= 0.3 is 0 Å². The molecule has 0 bridgehead atoms. The molecule has 3 aromatic rings. The van der Waals surface area contributed by atoms with Crippen molar-refractivity contribution in [3.05, 3.63) is 52.1 Å². The molecule has 0 aliphatic carbocycles. The number of furan rings is 1. The molecule has 2 aromatic heterocycles. The van der Waals surface area contributed by atoms with Crippen molar-refractivity contribution in [1.82, 2.24) is 14.9 Å². The maximum absolute atomic E-state index is 13.1. The van der Waals surface area contributed by atoms with E-state index in [1.807, 2.05) is 6.92 Å². The summed E-state index contributed by atoms with van der Waals surface area (Å²) in [4.78, 5) is 0. The summed E-state index contributed by atoms with van der Waals surface area (Å²) in [7, 11) is 0. The number of thioether (sulfide) groups is 1. The Morgan fingerprint density at radius 3 is 2.86 bits per heavy atom. The molecule has 0 unspecified atom stereocenters. The van der Waals surface area contributed by atoms with Gasteiger partial charge in [0.05, 0.1) is 11.8 Å². The van der Waals surface area contributed by atoms with Crippen LogP contribution in [0, 0.1) is 12.7 Å². The molecule has 1 aromatic carbocycles. The molecule has 22 heavy (non-hydrogen) atoms. The van der Waals surface area contributed by atoms with Crippen molar-refractivity contribution in [3.8, 4) is 11.4 Å². The Morgan fingerprint density at radius 2 is 2.18 bits per heavy atom. The third-order valence-electron chi connectivity index (χ3n) is 3.14. The Hall–Kier alpha value is -1.80. The van der Waals surface area contributed by atoms with E-state index in [0.717, 1.165) is 16.9 Å². The highest BCUT2D eigenvalue weighted by atomic mass is 79.9. The SMILES string of the molecule is Cc1occc1-c1nnc(SCc2ccc(F)cc2Br)n1N. The number of nitrogens with two attached hydrogens (primary N) is 1. The normalized spacial score (nSPS) is 11.0. The molecule has 8 heteroatoms. The van der Waals surface area contributed by atoms with Gasteiger partial charge in [-0.15, -0.1) is 10.2 Å². The van der Waals surface area contributed by atoms with E-state index in [4.69, 9.17) is 10.3 Å². The van der Waals surface area contributed by atoms with E-state index in [1.165, 1.54) is 28.6 Å². The molecule has 2 N–H and O–H groups in total. The van der Waals surface area contributed by atoms with Gasteiger partial charge < -0.3 is 10.3 Å². The second-order valence-corrected chi connectivity index (χ2v) is 6.39. The smallest absolute Gasteiger partial charge is 0.210 e. The Bertz CT molecular complexity index is 817. The molecule has 0 saturated carbocycles. The average Bonchev–Trinajstić information content (AvgIpc) is 3.04. The summed E-state index contributed by atoms with van der Waals surface area (Å²) in [6.07, 6.45) is 1.59. The fourth-order valence-electron chi connectivity index (χ4n) is 1.96. The Balaban J connectivity index is 1.79. The fraction of sp³-hybridized carbons (Fsp3) is 0.143. The van der Waals surface area contributed by atoms with Crippen LogP contribution in [0.1, 0.15) is 11.3 Å². The van der Waals surface area contributed by atoms with E-state index >= 15 is 0 Å². The average molecular weight is 383 g/mol. The zero-order valence-electron chi connectivity index (χ0n) is 11.6. The van der Waals surface area contributed by atoms with Crippen LogP contribution in [-0.2, 0) is 5.75 Å². The molecule has 0 amide bonds. The molecule has 0 atom stereocenters. The molecule has 3 rings (SSSR count). The van der Waals surface area contributed by atoms with Crippen LogP contribution in [-0.4, -0.2) is 14.9 Å². The van der Waals surface area contributed by atoms with E-state index < -0.39 is 0 Å². The lowest BCUT2D eigenvalue weighted by Crippen LogP contribution is -2.11. The van der Waals surface area contributed by atoms with Crippen LogP contribution in [0.3, 0.4) is 0 Å². The molecule has 114 valence electrons. The Labute approximate surface area is 138 Å². The van der Waals surface area contributed by atoms with E-state index in [0.29, 0.717) is 21.2 Å². The number of nitrogen functional groups attached to an aromatic ring is 1. The van der Waals surface area contributed by atoms with E-state index in [2.05, 4.69) is 26.1 Å². The molecular formula is C14H12BrFN4OS. The molecule has 0 spiro atoms. The lowest BCUT2D eigenvalue weighted by atomic mass is 10.2. The summed E-state index contributed by atoms with van der Waals surface area (Å²) in [5.41, 5.74) is 1.76. The molecular weight excluding hydrogens is 371 g/mol. The number of nitrogens with zero attached hydrogens (tertiary/aromatic N) is 3. The van der Waals surface area contributed by atoms with Gasteiger partial charge in [-0.2, -0.15) is 0 Å². The highest BCUT2D eigenvalue weighted by Gasteiger charge is 2.16. The number of hydrogen-bond donors (Lipinski definition) is 1. The quantitative estimate of drug-likeness (QED) is 0.549. The highest BCUT2D eigenvalue weighted by molar-refractivity contribution is 9.10. The van der Waals surface area contributed by atoms with Crippen molar-refractivity contribution in [3.63, 3.8) is 0 Å². The number of aryl methyl sites for hydroxylation is 1. The van der Waals surface area contributed by atoms with Crippen molar-refractivity contribution in [1.29, 1.82) is 0 Å². The van der Waals surface area contributed by atoms with Crippen molar-refractivity contribution >= 4 is 27.7 Å². The first kappa shape index (κ1) is 15.1. The summed E-state index contributed by atoms with van der Waals surface area (Å²) in [6, 6.07) is 6.38. The van der Waals surface area contributed by atoms with Gasteiger partial charge in [0.25, 0.3) is 0 Å². The van der Waals surface area contributed by atoms with Gasteiger partial charge in [0.2, 0.25) is 5.16 Å². The number of rotatable bonds is 4. The molecule has 0 aliphatic rings. The van der Waals surface area contributed by atoms with Crippen molar-refractivity contribution in [2.24, 2.45) is 0 Å².